The molecule has 0 radical (unpaired) electrons. The van der Waals surface area contributed by atoms with E-state index in [-0.39, 0.29) is 11.9 Å². The van der Waals surface area contributed by atoms with Crippen molar-refractivity contribution in [2.45, 2.75) is 25.5 Å². The fourth-order valence-corrected chi connectivity index (χ4v) is 2.40. The van der Waals surface area contributed by atoms with Crippen LogP contribution in [0.25, 0.3) is 0 Å². The monoisotopic (exact) mass is 316 g/mol. The third-order valence-electron chi connectivity index (χ3n) is 3.64. The van der Waals surface area contributed by atoms with Gasteiger partial charge in [0.2, 0.25) is 5.89 Å². The molecule has 2 N–H and O–H groups in total. The molecule has 7 nitrogen and oxygen atoms in total. The molecule has 2 atom stereocenters. The number of benzene rings is 1. The zero-order valence-electron chi connectivity index (χ0n) is 13.0. The summed E-state index contributed by atoms with van der Waals surface area (Å²) in [5.74, 6) is 0.823. The molecule has 0 bridgehead atoms. The maximum atomic E-state index is 12.1. The zero-order chi connectivity index (χ0) is 16.1. The first-order valence-electron chi connectivity index (χ1n) is 7.71. The lowest BCUT2D eigenvalue weighted by Gasteiger charge is -2.23. The van der Waals surface area contributed by atoms with E-state index in [0.717, 1.165) is 12.1 Å². The number of amides is 1. The Labute approximate surface area is 134 Å². The normalized spacial score (nSPS) is 19.3. The summed E-state index contributed by atoms with van der Waals surface area (Å²) in [5, 5.41) is 9.94. The number of hydrogen-bond acceptors (Lipinski definition) is 6. The summed E-state index contributed by atoms with van der Waals surface area (Å²) in [5.41, 5.74) is 1.11. The molecule has 7 heteroatoms. The first-order valence-corrected chi connectivity index (χ1v) is 7.71. The van der Waals surface area contributed by atoms with Gasteiger partial charge in [0.1, 0.15) is 12.1 Å². The SMILES string of the molecule is CC(NC(=O)C1CNCCO1)c1nc(Cc2ccccc2)no1. The summed E-state index contributed by atoms with van der Waals surface area (Å²) in [7, 11) is 0. The maximum absolute atomic E-state index is 12.1. The van der Waals surface area contributed by atoms with Crippen LogP contribution in [-0.2, 0) is 16.0 Å². The van der Waals surface area contributed by atoms with Crippen LogP contribution in [0.2, 0.25) is 0 Å². The third-order valence-corrected chi connectivity index (χ3v) is 3.64. The quantitative estimate of drug-likeness (QED) is 0.849. The van der Waals surface area contributed by atoms with Crippen LogP contribution in [-0.4, -0.2) is 41.8 Å². The molecule has 1 aliphatic heterocycles. The zero-order valence-corrected chi connectivity index (χ0v) is 13.0. The van der Waals surface area contributed by atoms with E-state index in [1.807, 2.05) is 37.3 Å². The highest BCUT2D eigenvalue weighted by Crippen LogP contribution is 2.13. The van der Waals surface area contributed by atoms with Crippen molar-refractivity contribution in [3.63, 3.8) is 0 Å². The molecule has 1 saturated heterocycles. The van der Waals surface area contributed by atoms with Gasteiger partial charge in [-0.25, -0.2) is 0 Å². The number of morpholine rings is 1. The lowest BCUT2D eigenvalue weighted by molar-refractivity contribution is -0.135. The molecule has 122 valence electrons. The average Bonchev–Trinajstić information content (AvgIpc) is 3.05. The summed E-state index contributed by atoms with van der Waals surface area (Å²) in [4.78, 5) is 16.5. The molecule has 1 aliphatic rings. The summed E-state index contributed by atoms with van der Waals surface area (Å²) >= 11 is 0. The van der Waals surface area contributed by atoms with E-state index in [4.69, 9.17) is 9.26 Å². The summed E-state index contributed by atoms with van der Waals surface area (Å²) < 4.78 is 10.7. The van der Waals surface area contributed by atoms with Gasteiger partial charge in [0.05, 0.1) is 6.61 Å². The van der Waals surface area contributed by atoms with Crippen LogP contribution in [0.1, 0.15) is 30.2 Å². The molecule has 0 aliphatic carbocycles. The van der Waals surface area contributed by atoms with Gasteiger partial charge in [-0.15, -0.1) is 0 Å². The van der Waals surface area contributed by atoms with E-state index in [0.29, 0.717) is 31.3 Å². The summed E-state index contributed by atoms with van der Waals surface area (Å²) in [6, 6.07) is 9.56. The highest BCUT2D eigenvalue weighted by Gasteiger charge is 2.25. The van der Waals surface area contributed by atoms with E-state index >= 15 is 0 Å². The standard InChI is InChI=1S/C16H20N4O3/c1-11(18-15(21)13-10-17-7-8-22-13)16-19-14(20-23-16)9-12-5-3-2-4-6-12/h2-6,11,13,17H,7-10H2,1H3,(H,18,21). The molecule has 3 rings (SSSR count). The van der Waals surface area contributed by atoms with Crippen molar-refractivity contribution in [2.75, 3.05) is 19.7 Å². The fourth-order valence-electron chi connectivity index (χ4n) is 2.40. The molecule has 0 spiro atoms. The van der Waals surface area contributed by atoms with E-state index < -0.39 is 6.10 Å². The largest absolute Gasteiger partial charge is 0.366 e. The van der Waals surface area contributed by atoms with Crippen molar-refractivity contribution < 1.29 is 14.1 Å². The Morgan fingerprint density at radius 2 is 2.26 bits per heavy atom. The first-order chi connectivity index (χ1) is 11.2. The number of aromatic nitrogens is 2. The molecule has 2 aromatic rings. The van der Waals surface area contributed by atoms with E-state index in [9.17, 15) is 4.79 Å². The topological polar surface area (TPSA) is 89.3 Å². The predicted molar refractivity (Wildman–Crippen MR) is 82.7 cm³/mol. The van der Waals surface area contributed by atoms with Crippen LogP contribution >= 0.6 is 0 Å². The number of nitrogens with one attached hydrogen (secondary N) is 2. The smallest absolute Gasteiger partial charge is 0.251 e. The predicted octanol–water partition coefficient (Wildman–Crippen LogP) is 0.826. The molecule has 2 unspecified atom stereocenters. The van der Waals surface area contributed by atoms with Gasteiger partial charge in [-0.1, -0.05) is 35.5 Å². The number of carbonyl (C=O) groups is 1. The first kappa shape index (κ1) is 15.6. The molecule has 2 heterocycles. The highest BCUT2D eigenvalue weighted by molar-refractivity contribution is 5.81. The van der Waals surface area contributed by atoms with Crippen LogP contribution in [0.15, 0.2) is 34.9 Å². The van der Waals surface area contributed by atoms with Gasteiger partial charge in [0.15, 0.2) is 5.82 Å². The number of nitrogens with zero attached hydrogens (tertiary/aromatic N) is 2. The molecule has 23 heavy (non-hydrogen) atoms. The summed E-state index contributed by atoms with van der Waals surface area (Å²) in [6.07, 6.45) is 0.124. The van der Waals surface area contributed by atoms with Gasteiger partial charge in [0, 0.05) is 19.5 Å². The Morgan fingerprint density at radius 1 is 1.43 bits per heavy atom. The van der Waals surface area contributed by atoms with Crippen molar-refractivity contribution in [1.82, 2.24) is 20.8 Å². The summed E-state index contributed by atoms with van der Waals surface area (Å²) in [6.45, 7) is 3.63. The minimum Gasteiger partial charge on any atom is -0.366 e. The van der Waals surface area contributed by atoms with Gasteiger partial charge >= 0.3 is 0 Å². The van der Waals surface area contributed by atoms with E-state index in [1.54, 1.807) is 0 Å². The van der Waals surface area contributed by atoms with Crippen molar-refractivity contribution in [2.24, 2.45) is 0 Å². The fraction of sp³-hybridized carbons (Fsp3) is 0.438. The van der Waals surface area contributed by atoms with E-state index in [1.165, 1.54) is 0 Å². The number of ether oxygens (including phenoxy) is 1. The van der Waals surface area contributed by atoms with Crippen molar-refractivity contribution in [1.29, 1.82) is 0 Å². The van der Waals surface area contributed by atoms with Crippen LogP contribution in [0.3, 0.4) is 0 Å². The Bertz CT molecular complexity index is 638. The lowest BCUT2D eigenvalue weighted by Crippen LogP contribution is -2.48. The second kappa shape index (κ2) is 7.34. The average molecular weight is 316 g/mol. The molecule has 0 saturated carbocycles. The highest BCUT2D eigenvalue weighted by atomic mass is 16.5. The second-order valence-electron chi connectivity index (χ2n) is 5.51. The number of hydrogen-bond donors (Lipinski definition) is 2. The molecular formula is C16H20N4O3. The lowest BCUT2D eigenvalue weighted by atomic mass is 10.1. The van der Waals surface area contributed by atoms with E-state index in [2.05, 4.69) is 20.8 Å². The van der Waals surface area contributed by atoms with Crippen molar-refractivity contribution in [3.05, 3.63) is 47.6 Å². The van der Waals surface area contributed by atoms with Crippen LogP contribution < -0.4 is 10.6 Å². The minimum absolute atomic E-state index is 0.174. The van der Waals surface area contributed by atoms with Gasteiger partial charge in [-0.2, -0.15) is 4.98 Å². The van der Waals surface area contributed by atoms with Gasteiger partial charge in [-0.3, -0.25) is 4.79 Å². The van der Waals surface area contributed by atoms with Gasteiger partial charge in [0.25, 0.3) is 5.91 Å². The number of carbonyl (C=O) groups excluding carboxylic acids is 1. The Hall–Kier alpha value is -2.25. The molecule has 1 fully saturated rings. The van der Waals surface area contributed by atoms with Gasteiger partial charge < -0.3 is 19.9 Å². The van der Waals surface area contributed by atoms with Crippen molar-refractivity contribution >= 4 is 5.91 Å². The maximum Gasteiger partial charge on any atom is 0.251 e. The number of rotatable bonds is 5. The van der Waals surface area contributed by atoms with Crippen LogP contribution in [0.4, 0.5) is 0 Å². The second-order valence-corrected chi connectivity index (χ2v) is 5.51. The molecule has 1 aromatic heterocycles. The van der Waals surface area contributed by atoms with Gasteiger partial charge in [-0.05, 0) is 12.5 Å². The van der Waals surface area contributed by atoms with Crippen LogP contribution in [0.5, 0.6) is 0 Å². The molecular weight excluding hydrogens is 296 g/mol. The van der Waals surface area contributed by atoms with Crippen molar-refractivity contribution in [3.8, 4) is 0 Å². The Balaban J connectivity index is 1.57. The van der Waals surface area contributed by atoms with Crippen LogP contribution in [0, 0.1) is 0 Å². The Kier molecular flexibility index (Phi) is 4.99. The minimum atomic E-state index is -0.474. The molecule has 1 aromatic carbocycles. The third kappa shape index (κ3) is 4.14. The Morgan fingerprint density at radius 3 is 3.00 bits per heavy atom. The molecule has 1 amide bonds.